The minimum atomic E-state index is 0.183. The van der Waals surface area contributed by atoms with Crippen molar-refractivity contribution in [2.45, 2.75) is 19.5 Å². The van der Waals surface area contributed by atoms with Crippen LogP contribution in [0, 0.1) is 0 Å². The fraction of sp³-hybridized carbons (Fsp3) is 0.364. The molecular weight excluding hydrogens is 388 g/mol. The Hall–Kier alpha value is -2.41. The summed E-state index contributed by atoms with van der Waals surface area (Å²) in [6.07, 6.45) is 0. The van der Waals surface area contributed by atoms with E-state index in [9.17, 15) is 0 Å². The molecule has 0 spiro atoms. The Morgan fingerprint density at radius 1 is 1.07 bits per heavy atom. The summed E-state index contributed by atoms with van der Waals surface area (Å²) in [5.41, 5.74) is 2.20. The molecule has 0 bridgehead atoms. The predicted octanol–water partition coefficient (Wildman–Crippen LogP) is 1.44. The number of aromatic nitrogens is 2. The Morgan fingerprint density at radius 2 is 1.83 bits per heavy atom. The average molecular weight is 415 g/mol. The largest absolute Gasteiger partial charge is 0.497 e. The zero-order chi connectivity index (χ0) is 20.2. The number of rotatable bonds is 6. The molecule has 2 N–H and O–H groups in total. The van der Waals surface area contributed by atoms with E-state index in [2.05, 4.69) is 29.3 Å². The number of nitrogens with zero attached hydrogens (tertiary/aromatic N) is 2. The molecule has 0 saturated carbocycles. The first-order valence-corrected chi connectivity index (χ1v) is 10.4. The van der Waals surface area contributed by atoms with E-state index in [4.69, 9.17) is 20.8 Å². The third-order valence-corrected chi connectivity index (χ3v) is 5.94. The lowest BCUT2D eigenvalue weighted by Crippen LogP contribution is -3.27. The van der Waals surface area contributed by atoms with Crippen LogP contribution in [0.15, 0.2) is 52.9 Å². The number of methoxy groups -OCH3 is 1. The summed E-state index contributed by atoms with van der Waals surface area (Å²) in [7, 11) is 1.65. The number of nitrogens with one attached hydrogen (secondary N) is 2. The fourth-order valence-corrected chi connectivity index (χ4v) is 4.12. The van der Waals surface area contributed by atoms with Crippen molar-refractivity contribution in [2.24, 2.45) is 0 Å². The number of piperazine rings is 1. The van der Waals surface area contributed by atoms with Crippen LogP contribution in [0.3, 0.4) is 0 Å². The van der Waals surface area contributed by atoms with Crippen molar-refractivity contribution in [1.29, 1.82) is 0 Å². The standard InChI is InChI=1S/C22H25ClN4O2/c1-16(21-24-25-22(29-21)18-6-8-20(28-2)9-7-18)27-12-10-26(11-13-27)15-17-4-3-5-19(23)14-17/h3-9,14,16H,10-13,15H2,1-2H3/p+2/t16-/m1/s1. The van der Waals surface area contributed by atoms with Crippen molar-refractivity contribution in [3.8, 4) is 17.2 Å². The van der Waals surface area contributed by atoms with Crippen LogP contribution < -0.4 is 14.5 Å². The molecule has 29 heavy (non-hydrogen) atoms. The normalized spacial score (nSPS) is 20.4. The zero-order valence-electron chi connectivity index (χ0n) is 16.8. The van der Waals surface area contributed by atoms with E-state index < -0.39 is 0 Å². The molecule has 7 heteroatoms. The van der Waals surface area contributed by atoms with E-state index in [1.165, 1.54) is 10.5 Å². The van der Waals surface area contributed by atoms with Gasteiger partial charge in [-0.3, -0.25) is 0 Å². The Balaban J connectivity index is 1.34. The summed E-state index contributed by atoms with van der Waals surface area (Å²) in [4.78, 5) is 3.08. The van der Waals surface area contributed by atoms with E-state index in [0.717, 1.165) is 49.1 Å². The van der Waals surface area contributed by atoms with Gasteiger partial charge in [-0.2, -0.15) is 0 Å². The lowest BCUT2D eigenvalue weighted by atomic mass is 10.2. The second-order valence-corrected chi connectivity index (χ2v) is 8.05. The van der Waals surface area contributed by atoms with Crippen molar-refractivity contribution in [2.75, 3.05) is 33.3 Å². The fourth-order valence-electron chi connectivity index (χ4n) is 3.90. The second kappa shape index (κ2) is 8.95. The average Bonchev–Trinajstić information content (AvgIpc) is 3.24. The molecule has 1 aliphatic rings. The summed E-state index contributed by atoms with van der Waals surface area (Å²) >= 11 is 6.11. The van der Waals surface area contributed by atoms with Crippen molar-refractivity contribution in [1.82, 2.24) is 10.2 Å². The molecule has 0 aliphatic carbocycles. The van der Waals surface area contributed by atoms with Crippen molar-refractivity contribution >= 4 is 11.6 Å². The number of hydrogen-bond acceptors (Lipinski definition) is 4. The van der Waals surface area contributed by atoms with E-state index in [0.29, 0.717) is 11.8 Å². The van der Waals surface area contributed by atoms with Crippen LogP contribution in [-0.4, -0.2) is 43.5 Å². The van der Waals surface area contributed by atoms with Gasteiger partial charge in [-0.25, -0.2) is 0 Å². The van der Waals surface area contributed by atoms with Crippen LogP contribution in [-0.2, 0) is 6.54 Å². The van der Waals surface area contributed by atoms with Gasteiger partial charge in [-0.1, -0.05) is 23.7 Å². The Bertz CT molecular complexity index is 936. The van der Waals surface area contributed by atoms with E-state index >= 15 is 0 Å². The van der Waals surface area contributed by atoms with Crippen molar-refractivity contribution in [3.05, 3.63) is 65.0 Å². The molecule has 1 saturated heterocycles. The molecule has 2 aromatic carbocycles. The van der Waals surface area contributed by atoms with E-state index in [1.807, 2.05) is 36.4 Å². The molecule has 6 nitrogen and oxygen atoms in total. The molecule has 1 aromatic heterocycles. The van der Waals surface area contributed by atoms with Gasteiger partial charge >= 0.3 is 0 Å². The first-order chi connectivity index (χ1) is 14.1. The third kappa shape index (κ3) is 4.78. The molecule has 4 rings (SSSR count). The molecule has 1 fully saturated rings. The van der Waals surface area contributed by atoms with Gasteiger partial charge in [-0.05, 0) is 43.3 Å². The van der Waals surface area contributed by atoms with Crippen LogP contribution in [0.5, 0.6) is 5.75 Å². The monoisotopic (exact) mass is 414 g/mol. The number of hydrogen-bond donors (Lipinski definition) is 2. The summed E-state index contributed by atoms with van der Waals surface area (Å²) < 4.78 is 11.2. The molecule has 152 valence electrons. The van der Waals surface area contributed by atoms with Gasteiger partial charge < -0.3 is 19.0 Å². The van der Waals surface area contributed by atoms with Gasteiger partial charge in [-0.15, -0.1) is 10.2 Å². The predicted molar refractivity (Wildman–Crippen MR) is 111 cm³/mol. The highest BCUT2D eigenvalue weighted by molar-refractivity contribution is 6.30. The van der Waals surface area contributed by atoms with Crippen LogP contribution in [0.4, 0.5) is 0 Å². The number of quaternary nitrogens is 2. The molecule has 0 unspecified atom stereocenters. The summed E-state index contributed by atoms with van der Waals surface area (Å²) in [5.74, 6) is 2.06. The SMILES string of the molecule is COc1ccc(-c2nnc([C@@H](C)[NH+]3CC[NH+](Cc4cccc(Cl)c4)CC3)o2)cc1. The molecule has 1 atom stereocenters. The highest BCUT2D eigenvalue weighted by Gasteiger charge is 2.31. The lowest BCUT2D eigenvalue weighted by molar-refractivity contribution is -1.03. The van der Waals surface area contributed by atoms with Gasteiger partial charge in [0.1, 0.15) is 38.5 Å². The maximum atomic E-state index is 6.11. The van der Waals surface area contributed by atoms with Crippen molar-refractivity contribution < 1.29 is 19.0 Å². The van der Waals surface area contributed by atoms with Crippen LogP contribution >= 0.6 is 11.6 Å². The molecule has 0 amide bonds. The smallest absolute Gasteiger partial charge is 0.274 e. The van der Waals surface area contributed by atoms with Crippen LogP contribution in [0.2, 0.25) is 5.02 Å². The summed E-state index contributed by atoms with van der Waals surface area (Å²) in [6, 6.07) is 16.0. The first-order valence-electron chi connectivity index (χ1n) is 10.0. The number of halogens is 1. The zero-order valence-corrected chi connectivity index (χ0v) is 17.6. The van der Waals surface area contributed by atoms with Gasteiger partial charge in [0.15, 0.2) is 6.04 Å². The van der Waals surface area contributed by atoms with Crippen LogP contribution in [0.1, 0.15) is 24.4 Å². The van der Waals surface area contributed by atoms with Gasteiger partial charge in [0.2, 0.25) is 5.89 Å². The minimum Gasteiger partial charge on any atom is -0.497 e. The number of ether oxygens (including phenoxy) is 1. The maximum absolute atomic E-state index is 6.11. The Kier molecular flexibility index (Phi) is 6.13. The molecule has 1 aliphatic heterocycles. The number of benzene rings is 2. The summed E-state index contributed by atoms with van der Waals surface area (Å²) in [6.45, 7) is 7.58. The topological polar surface area (TPSA) is 57.0 Å². The van der Waals surface area contributed by atoms with E-state index in [1.54, 1.807) is 12.0 Å². The molecule has 0 radical (unpaired) electrons. The van der Waals surface area contributed by atoms with Crippen molar-refractivity contribution in [3.63, 3.8) is 0 Å². The minimum absolute atomic E-state index is 0.183. The Labute approximate surface area is 176 Å². The molecule has 3 aromatic rings. The highest BCUT2D eigenvalue weighted by atomic mass is 35.5. The quantitative estimate of drug-likeness (QED) is 0.641. The third-order valence-electron chi connectivity index (χ3n) is 5.70. The van der Waals surface area contributed by atoms with E-state index in [-0.39, 0.29) is 6.04 Å². The summed E-state index contributed by atoms with van der Waals surface area (Å²) in [5, 5.41) is 9.37. The van der Waals surface area contributed by atoms with Gasteiger partial charge in [0, 0.05) is 16.1 Å². The lowest BCUT2D eigenvalue weighted by Gasteiger charge is -2.32. The molecule has 2 heterocycles. The highest BCUT2D eigenvalue weighted by Crippen LogP contribution is 2.22. The maximum Gasteiger partial charge on any atom is 0.274 e. The van der Waals surface area contributed by atoms with Crippen LogP contribution in [0.25, 0.3) is 11.5 Å². The van der Waals surface area contributed by atoms with Gasteiger partial charge in [0.25, 0.3) is 5.89 Å². The Morgan fingerprint density at radius 3 is 2.52 bits per heavy atom. The molecular formula is C22H27ClN4O2+2. The first kappa shape index (κ1) is 19.9. The van der Waals surface area contributed by atoms with Gasteiger partial charge in [0.05, 0.1) is 7.11 Å². The second-order valence-electron chi connectivity index (χ2n) is 7.61.